The summed E-state index contributed by atoms with van der Waals surface area (Å²) in [6.07, 6.45) is 1.28. The Morgan fingerprint density at radius 3 is 2.71 bits per heavy atom. The molecular formula is C14H16N4O2S. The van der Waals surface area contributed by atoms with E-state index in [1.165, 1.54) is 6.20 Å². The number of aromatic amines is 1. The molecule has 110 valence electrons. The first-order valence-corrected chi connectivity index (χ1v) is 7.75. The Balaban J connectivity index is 2.29. The van der Waals surface area contributed by atoms with Gasteiger partial charge in [-0.25, -0.2) is 8.42 Å². The van der Waals surface area contributed by atoms with Crippen LogP contribution in [0.25, 0.3) is 0 Å². The zero-order chi connectivity index (χ0) is 15.5. The van der Waals surface area contributed by atoms with Crippen LogP contribution >= 0.6 is 0 Å². The minimum Gasteiger partial charge on any atom is -0.320 e. The molecule has 1 aromatic heterocycles. The van der Waals surface area contributed by atoms with Gasteiger partial charge in [-0.05, 0) is 37.6 Å². The normalized spacial score (nSPS) is 10.8. The molecule has 1 aromatic carbocycles. The van der Waals surface area contributed by atoms with Crippen molar-refractivity contribution in [1.29, 1.82) is 0 Å². The van der Waals surface area contributed by atoms with Crippen LogP contribution in [0.1, 0.15) is 16.8 Å². The first-order valence-electron chi connectivity index (χ1n) is 6.26. The molecule has 0 atom stereocenters. The van der Waals surface area contributed by atoms with Gasteiger partial charge in [-0.15, -0.1) is 0 Å². The summed E-state index contributed by atoms with van der Waals surface area (Å²) in [7, 11) is -3.65. The lowest BCUT2D eigenvalue weighted by atomic mass is 10.1. The van der Waals surface area contributed by atoms with Crippen molar-refractivity contribution in [2.24, 2.45) is 5.73 Å². The Bertz CT molecular complexity index is 813. The summed E-state index contributed by atoms with van der Waals surface area (Å²) in [5.41, 5.74) is 8.00. The van der Waals surface area contributed by atoms with E-state index in [-0.39, 0.29) is 11.4 Å². The minimum absolute atomic E-state index is 0.132. The van der Waals surface area contributed by atoms with Crippen LogP contribution in [0.3, 0.4) is 0 Å². The molecule has 0 saturated carbocycles. The molecule has 2 aromatic rings. The van der Waals surface area contributed by atoms with Crippen LogP contribution in [0.2, 0.25) is 0 Å². The van der Waals surface area contributed by atoms with Gasteiger partial charge in [0.2, 0.25) is 0 Å². The average Bonchev–Trinajstić information content (AvgIpc) is 2.84. The molecule has 21 heavy (non-hydrogen) atoms. The maximum Gasteiger partial charge on any atom is 0.265 e. The van der Waals surface area contributed by atoms with Gasteiger partial charge in [-0.2, -0.15) is 5.10 Å². The summed E-state index contributed by atoms with van der Waals surface area (Å²) in [5.74, 6) is 5.70. The molecule has 0 unspecified atom stereocenters. The predicted molar refractivity (Wildman–Crippen MR) is 81.2 cm³/mol. The highest BCUT2D eigenvalue weighted by atomic mass is 32.2. The lowest BCUT2D eigenvalue weighted by Crippen LogP contribution is -2.13. The van der Waals surface area contributed by atoms with Crippen molar-refractivity contribution >= 4 is 15.7 Å². The van der Waals surface area contributed by atoms with Crippen LogP contribution in [-0.4, -0.2) is 25.2 Å². The van der Waals surface area contributed by atoms with Crippen LogP contribution in [-0.2, 0) is 10.0 Å². The SMILES string of the molecule is Cc1cc(NS(=O)(=O)c2cn[nH]c2C)ccc1C#CCN. The monoisotopic (exact) mass is 304 g/mol. The molecule has 7 heteroatoms. The van der Waals surface area contributed by atoms with Crippen molar-refractivity contribution in [1.82, 2.24) is 10.2 Å². The molecule has 0 spiro atoms. The van der Waals surface area contributed by atoms with Crippen molar-refractivity contribution in [3.8, 4) is 11.8 Å². The molecular weight excluding hydrogens is 288 g/mol. The highest BCUT2D eigenvalue weighted by molar-refractivity contribution is 7.92. The van der Waals surface area contributed by atoms with Crippen molar-refractivity contribution in [3.05, 3.63) is 41.2 Å². The maximum atomic E-state index is 12.2. The molecule has 0 aliphatic rings. The van der Waals surface area contributed by atoms with Gasteiger partial charge in [-0.3, -0.25) is 9.82 Å². The zero-order valence-electron chi connectivity index (χ0n) is 11.8. The fourth-order valence-electron chi connectivity index (χ4n) is 1.83. The molecule has 0 amide bonds. The first-order chi connectivity index (χ1) is 9.94. The van der Waals surface area contributed by atoms with E-state index < -0.39 is 10.0 Å². The van der Waals surface area contributed by atoms with E-state index in [2.05, 4.69) is 26.8 Å². The smallest absolute Gasteiger partial charge is 0.265 e. The standard InChI is InChI=1S/C14H16N4O2S/c1-10-8-13(6-5-12(10)4-3-7-15)18-21(19,20)14-9-16-17-11(14)2/h5-6,8-9,18H,7,15H2,1-2H3,(H,16,17). The van der Waals surface area contributed by atoms with E-state index in [4.69, 9.17) is 5.73 Å². The molecule has 6 nitrogen and oxygen atoms in total. The van der Waals surface area contributed by atoms with Gasteiger partial charge >= 0.3 is 0 Å². The predicted octanol–water partition coefficient (Wildman–Crippen LogP) is 1.14. The average molecular weight is 304 g/mol. The van der Waals surface area contributed by atoms with Gasteiger partial charge in [-0.1, -0.05) is 11.8 Å². The van der Waals surface area contributed by atoms with E-state index in [1.807, 2.05) is 6.92 Å². The van der Waals surface area contributed by atoms with Crippen LogP contribution in [0.4, 0.5) is 5.69 Å². The molecule has 0 radical (unpaired) electrons. The molecule has 0 saturated heterocycles. The summed E-state index contributed by atoms with van der Waals surface area (Å²) < 4.78 is 27.0. The minimum atomic E-state index is -3.65. The van der Waals surface area contributed by atoms with Crippen LogP contribution < -0.4 is 10.5 Å². The van der Waals surface area contributed by atoms with Crippen LogP contribution in [0.15, 0.2) is 29.3 Å². The number of aryl methyl sites for hydroxylation is 2. The summed E-state index contributed by atoms with van der Waals surface area (Å²) in [6.45, 7) is 3.80. The van der Waals surface area contributed by atoms with E-state index in [9.17, 15) is 8.42 Å². The first kappa shape index (κ1) is 15.1. The second-order valence-corrected chi connectivity index (χ2v) is 6.15. The lowest BCUT2D eigenvalue weighted by molar-refractivity contribution is 0.600. The Kier molecular flexibility index (Phi) is 4.31. The molecule has 0 aliphatic carbocycles. The maximum absolute atomic E-state index is 12.2. The quantitative estimate of drug-likeness (QED) is 0.740. The van der Waals surface area contributed by atoms with E-state index >= 15 is 0 Å². The molecule has 2 rings (SSSR count). The van der Waals surface area contributed by atoms with Gasteiger partial charge in [0.1, 0.15) is 4.90 Å². The lowest BCUT2D eigenvalue weighted by Gasteiger charge is -2.08. The summed E-state index contributed by atoms with van der Waals surface area (Å²) in [6, 6.07) is 5.16. The third-order valence-corrected chi connectivity index (χ3v) is 4.37. The largest absolute Gasteiger partial charge is 0.320 e. The number of anilines is 1. The molecule has 0 fully saturated rings. The van der Waals surface area contributed by atoms with Crippen molar-refractivity contribution in [2.45, 2.75) is 18.7 Å². The number of H-pyrrole nitrogens is 1. The fraction of sp³-hybridized carbons (Fsp3) is 0.214. The number of nitrogens with zero attached hydrogens (tertiary/aromatic N) is 1. The van der Waals surface area contributed by atoms with Crippen molar-refractivity contribution in [3.63, 3.8) is 0 Å². The van der Waals surface area contributed by atoms with Crippen molar-refractivity contribution in [2.75, 3.05) is 11.3 Å². The summed E-state index contributed by atoms with van der Waals surface area (Å²) >= 11 is 0. The number of hydrogen-bond donors (Lipinski definition) is 3. The van der Waals surface area contributed by atoms with Gasteiger partial charge in [0.15, 0.2) is 0 Å². The van der Waals surface area contributed by atoms with Crippen LogP contribution in [0, 0.1) is 25.7 Å². The second kappa shape index (κ2) is 5.99. The van der Waals surface area contributed by atoms with Crippen LogP contribution in [0.5, 0.6) is 0 Å². The number of sulfonamides is 1. The van der Waals surface area contributed by atoms with E-state index in [1.54, 1.807) is 25.1 Å². The summed E-state index contributed by atoms with van der Waals surface area (Å²) in [5, 5.41) is 6.33. The Hall–Kier alpha value is -2.30. The number of benzene rings is 1. The molecule has 0 bridgehead atoms. The Labute approximate surface area is 123 Å². The Morgan fingerprint density at radius 1 is 1.38 bits per heavy atom. The topological polar surface area (TPSA) is 101 Å². The Morgan fingerprint density at radius 2 is 2.14 bits per heavy atom. The van der Waals surface area contributed by atoms with Gasteiger partial charge < -0.3 is 5.73 Å². The third-order valence-electron chi connectivity index (χ3n) is 2.88. The zero-order valence-corrected chi connectivity index (χ0v) is 12.6. The molecule has 1 heterocycles. The van der Waals surface area contributed by atoms with Gasteiger partial charge in [0, 0.05) is 11.3 Å². The third kappa shape index (κ3) is 3.42. The molecule has 0 aliphatic heterocycles. The number of hydrogen-bond acceptors (Lipinski definition) is 4. The van der Waals surface area contributed by atoms with Crippen molar-refractivity contribution < 1.29 is 8.42 Å². The summed E-state index contributed by atoms with van der Waals surface area (Å²) in [4.78, 5) is 0.132. The van der Waals surface area contributed by atoms with Gasteiger partial charge in [0.05, 0.1) is 18.4 Å². The number of nitrogens with two attached hydrogens (primary N) is 1. The number of aromatic nitrogens is 2. The highest BCUT2D eigenvalue weighted by Gasteiger charge is 2.18. The molecule has 4 N–H and O–H groups in total. The highest BCUT2D eigenvalue weighted by Crippen LogP contribution is 2.20. The van der Waals surface area contributed by atoms with E-state index in [0.717, 1.165) is 11.1 Å². The number of rotatable bonds is 3. The van der Waals surface area contributed by atoms with Gasteiger partial charge in [0.25, 0.3) is 10.0 Å². The van der Waals surface area contributed by atoms with E-state index in [0.29, 0.717) is 11.4 Å². The second-order valence-electron chi connectivity index (χ2n) is 4.50. The number of nitrogens with one attached hydrogen (secondary N) is 2. The fourth-order valence-corrected chi connectivity index (χ4v) is 3.02.